The van der Waals surface area contributed by atoms with Gasteiger partial charge in [-0.15, -0.1) is 0 Å². The van der Waals surface area contributed by atoms with Crippen molar-refractivity contribution in [3.63, 3.8) is 0 Å². The zero-order valence-corrected chi connectivity index (χ0v) is 25.0. The molecule has 4 aliphatic rings. The second-order valence-corrected chi connectivity index (χ2v) is 10.9. The molecule has 0 N–H and O–H groups in total. The van der Waals surface area contributed by atoms with Gasteiger partial charge in [0, 0.05) is 18.3 Å². The fourth-order valence-corrected chi connectivity index (χ4v) is 7.62. The Bertz CT molecular complexity index is 686. The Kier molecular flexibility index (Phi) is 7.94. The number of esters is 1. The Balaban J connectivity index is 0.00000256. The van der Waals surface area contributed by atoms with Gasteiger partial charge >= 0.3 is 33.3 Å². The van der Waals surface area contributed by atoms with Crippen LogP contribution >= 0.6 is 0 Å². The van der Waals surface area contributed by atoms with Crippen molar-refractivity contribution in [2.24, 2.45) is 28.6 Å². The van der Waals surface area contributed by atoms with Crippen LogP contribution in [0.1, 0.15) is 104 Å². The van der Waals surface area contributed by atoms with Crippen molar-refractivity contribution in [2.75, 3.05) is 0 Å². The van der Waals surface area contributed by atoms with Gasteiger partial charge in [0.15, 0.2) is 5.78 Å². The molecule has 6 atom stereocenters. The molecule has 0 aromatic carbocycles. The average molecular weight is 610 g/mol. The van der Waals surface area contributed by atoms with Crippen LogP contribution in [0.25, 0.3) is 0 Å². The monoisotopic (exact) mass is 610 g/mol. The number of rotatable bonds is 6. The maximum absolute atomic E-state index is 12.5. The van der Waals surface area contributed by atoms with E-state index < -0.39 is 0 Å². The van der Waals surface area contributed by atoms with E-state index in [-0.39, 0.29) is 50.2 Å². The van der Waals surface area contributed by atoms with E-state index in [1.165, 1.54) is 44.1 Å². The number of ether oxygens (including phenoxy) is 1. The van der Waals surface area contributed by atoms with Crippen molar-refractivity contribution in [3.05, 3.63) is 11.6 Å². The summed E-state index contributed by atoms with van der Waals surface area (Å²) in [5.74, 6) is 2.48. The number of ketones is 1. The first-order valence-corrected chi connectivity index (χ1v) is 12.3. The fraction of sp³-hybridized carbons (Fsp3) is 0.846. The summed E-state index contributed by atoms with van der Waals surface area (Å²) in [7, 11) is 0. The Labute approximate surface area is 203 Å². The molecule has 0 aliphatic heterocycles. The van der Waals surface area contributed by atoms with Crippen molar-refractivity contribution in [1.29, 1.82) is 0 Å². The van der Waals surface area contributed by atoms with Crippen LogP contribution in [0, 0.1) is 28.6 Å². The molecule has 4 rings (SSSR count). The van der Waals surface area contributed by atoms with Crippen LogP contribution in [0.2, 0.25) is 0 Å². The molecule has 0 bridgehead atoms. The van der Waals surface area contributed by atoms with E-state index in [0.717, 1.165) is 44.4 Å². The standard InChI is InChI=1S/C26H40O3.Pb.2H/c1-4-5-6-7-8-24(28)29-23-12-11-21-20-10-9-18-17-19(27)13-15-25(18,2)22(20)14-16-26(21,23)3;;;/h17,20-23H,4-16H2,1-3H3;;;/t20-,21-,22-,23-,25-,26-;;;/m0.../s1. The summed E-state index contributed by atoms with van der Waals surface area (Å²) < 4.78 is 6.09. The third-order valence-electron chi connectivity index (χ3n) is 9.38. The van der Waals surface area contributed by atoms with E-state index in [2.05, 4.69) is 20.8 Å². The molecular formula is C26H42O3Pb. The molecule has 168 valence electrons. The third kappa shape index (κ3) is 4.34. The van der Waals surface area contributed by atoms with E-state index >= 15 is 0 Å². The quantitative estimate of drug-likeness (QED) is 0.228. The van der Waals surface area contributed by atoms with Crippen LogP contribution in [0.5, 0.6) is 0 Å². The minimum atomic E-state index is 0. The number of unbranched alkanes of at least 4 members (excludes halogenated alkanes) is 3. The second-order valence-electron chi connectivity index (χ2n) is 10.9. The first kappa shape index (κ1) is 24.4. The number of hydrogen-bond acceptors (Lipinski definition) is 3. The SMILES string of the molecule is CCCCCCC(=O)O[C@H]1CC[C@H]2[C@@H]3CCC4=CC(=O)CC[C@]4(C)[C@H]3CC[C@]12C.[PbH2]. The van der Waals surface area contributed by atoms with Gasteiger partial charge in [0.05, 0.1) is 0 Å². The molecule has 0 spiro atoms. The molecule has 30 heavy (non-hydrogen) atoms. The van der Waals surface area contributed by atoms with Gasteiger partial charge in [-0.05, 0) is 80.6 Å². The number of fused-ring (bicyclic) bond motifs is 5. The molecule has 3 nitrogen and oxygen atoms in total. The van der Waals surface area contributed by atoms with Crippen molar-refractivity contribution in [1.82, 2.24) is 0 Å². The van der Waals surface area contributed by atoms with Gasteiger partial charge in [0.25, 0.3) is 0 Å². The first-order chi connectivity index (χ1) is 13.9. The number of allylic oxidation sites excluding steroid dienone is 1. The molecule has 3 saturated carbocycles. The summed E-state index contributed by atoms with van der Waals surface area (Å²) in [4.78, 5) is 24.5. The summed E-state index contributed by atoms with van der Waals surface area (Å²) in [6.45, 7) is 7.05. The predicted octanol–water partition coefficient (Wildman–Crippen LogP) is 5.48. The molecule has 0 amide bonds. The summed E-state index contributed by atoms with van der Waals surface area (Å²) >= 11 is 0. The van der Waals surface area contributed by atoms with Gasteiger partial charge in [-0.25, -0.2) is 0 Å². The zero-order chi connectivity index (χ0) is 20.6. The van der Waals surface area contributed by atoms with Crippen molar-refractivity contribution in [2.45, 2.75) is 110 Å². The number of hydrogen-bond donors (Lipinski definition) is 0. The maximum atomic E-state index is 12.5. The van der Waals surface area contributed by atoms with E-state index in [1.54, 1.807) is 0 Å². The summed E-state index contributed by atoms with van der Waals surface area (Å²) in [5, 5.41) is 0. The van der Waals surface area contributed by atoms with E-state index in [1.807, 2.05) is 6.08 Å². The molecule has 0 saturated heterocycles. The van der Waals surface area contributed by atoms with Crippen molar-refractivity contribution >= 4 is 39.1 Å². The molecule has 0 aromatic rings. The first-order valence-electron chi connectivity index (χ1n) is 12.3. The van der Waals surface area contributed by atoms with Crippen LogP contribution in [0.15, 0.2) is 11.6 Å². The van der Waals surface area contributed by atoms with E-state index in [4.69, 9.17) is 4.74 Å². The van der Waals surface area contributed by atoms with Gasteiger partial charge in [-0.2, -0.15) is 0 Å². The topological polar surface area (TPSA) is 43.4 Å². The van der Waals surface area contributed by atoms with Crippen LogP contribution < -0.4 is 0 Å². The molecule has 0 aromatic heterocycles. The summed E-state index contributed by atoms with van der Waals surface area (Å²) in [6.07, 6.45) is 15.9. The minimum absolute atomic E-state index is 0. The molecule has 4 heteroatoms. The number of carbonyl (C=O) groups excluding carboxylic acids is 2. The third-order valence-corrected chi connectivity index (χ3v) is 9.38. The normalized spacial score (nSPS) is 39.8. The van der Waals surface area contributed by atoms with Crippen LogP contribution in [-0.2, 0) is 14.3 Å². The molecule has 2 radical (unpaired) electrons. The Morgan fingerprint density at radius 1 is 1.03 bits per heavy atom. The van der Waals surface area contributed by atoms with Gasteiger partial charge in [-0.1, -0.05) is 45.6 Å². The van der Waals surface area contributed by atoms with Crippen molar-refractivity contribution < 1.29 is 14.3 Å². The Morgan fingerprint density at radius 3 is 2.60 bits per heavy atom. The van der Waals surface area contributed by atoms with Crippen LogP contribution in [0.3, 0.4) is 0 Å². The van der Waals surface area contributed by atoms with Crippen LogP contribution in [-0.4, -0.2) is 45.2 Å². The molecular weight excluding hydrogens is 567 g/mol. The average Bonchev–Trinajstić information content (AvgIpc) is 3.02. The molecule has 3 fully saturated rings. The molecule has 0 unspecified atom stereocenters. The van der Waals surface area contributed by atoms with Gasteiger partial charge < -0.3 is 4.74 Å². The summed E-state index contributed by atoms with van der Waals surface area (Å²) in [5.41, 5.74) is 1.82. The number of carbonyl (C=O) groups is 2. The van der Waals surface area contributed by atoms with Gasteiger partial charge in [0.2, 0.25) is 0 Å². The fourth-order valence-electron chi connectivity index (χ4n) is 7.62. The van der Waals surface area contributed by atoms with E-state index in [0.29, 0.717) is 24.0 Å². The Morgan fingerprint density at radius 2 is 1.83 bits per heavy atom. The van der Waals surface area contributed by atoms with Crippen LogP contribution in [0.4, 0.5) is 0 Å². The predicted molar refractivity (Wildman–Crippen MR) is 124 cm³/mol. The van der Waals surface area contributed by atoms with E-state index in [9.17, 15) is 9.59 Å². The zero-order valence-electron chi connectivity index (χ0n) is 19.5. The second kappa shape index (κ2) is 9.74. The Hall–Kier alpha value is -0.198. The molecule has 0 heterocycles. The van der Waals surface area contributed by atoms with Crippen molar-refractivity contribution in [3.8, 4) is 0 Å². The van der Waals surface area contributed by atoms with Gasteiger partial charge in [0.1, 0.15) is 6.10 Å². The molecule has 4 aliphatic carbocycles. The van der Waals surface area contributed by atoms with Gasteiger partial charge in [-0.3, -0.25) is 9.59 Å². The summed E-state index contributed by atoms with van der Waals surface area (Å²) in [6, 6.07) is 0.